The van der Waals surface area contributed by atoms with Crippen molar-refractivity contribution < 1.29 is 9.18 Å². The van der Waals surface area contributed by atoms with E-state index in [1.165, 1.54) is 30.4 Å². The largest absolute Gasteiger partial charge is 0.342 e. The van der Waals surface area contributed by atoms with E-state index in [1.807, 2.05) is 36.4 Å². The van der Waals surface area contributed by atoms with Crippen LogP contribution in [0.2, 0.25) is 0 Å². The van der Waals surface area contributed by atoms with E-state index >= 15 is 0 Å². The molecule has 2 nitrogen and oxygen atoms in total. The predicted octanol–water partition coefficient (Wildman–Crippen LogP) is 7.86. The van der Waals surface area contributed by atoms with Crippen molar-refractivity contribution in [1.82, 2.24) is 4.90 Å². The number of likely N-dealkylation sites (N-methyl/N-ethyl adjacent to an activating group) is 1. The standard InChI is InChI=1S/C31H36FNO/c1-5-6-7-9-24-11-15-26(16-12-24)28-19-20-29(30(32)22-28)27-17-13-25(14-18-27)10-8-21-33(4)31(34)23(2)3/h11-20,22H,2,5-10,21H2,1,3-4H3. The van der Waals surface area contributed by atoms with Gasteiger partial charge in [0.2, 0.25) is 5.91 Å². The monoisotopic (exact) mass is 457 g/mol. The van der Waals surface area contributed by atoms with Crippen LogP contribution in [0, 0.1) is 5.82 Å². The number of halogens is 1. The van der Waals surface area contributed by atoms with Crippen LogP contribution in [0.5, 0.6) is 0 Å². The zero-order valence-electron chi connectivity index (χ0n) is 20.7. The smallest absolute Gasteiger partial charge is 0.248 e. The molecule has 178 valence electrons. The normalized spacial score (nSPS) is 10.8. The predicted molar refractivity (Wildman–Crippen MR) is 141 cm³/mol. The topological polar surface area (TPSA) is 20.3 Å². The van der Waals surface area contributed by atoms with Crippen LogP contribution in [0.15, 0.2) is 78.9 Å². The zero-order valence-corrected chi connectivity index (χ0v) is 20.7. The summed E-state index contributed by atoms with van der Waals surface area (Å²) in [7, 11) is 1.80. The lowest BCUT2D eigenvalue weighted by Gasteiger charge is -2.17. The van der Waals surface area contributed by atoms with Gasteiger partial charge in [0.15, 0.2) is 0 Å². The Morgan fingerprint density at radius 1 is 0.824 bits per heavy atom. The Balaban J connectivity index is 1.61. The number of carbonyl (C=O) groups excluding carboxylic acids is 1. The minimum atomic E-state index is -0.211. The molecule has 0 bridgehead atoms. The second-order valence-corrected chi connectivity index (χ2v) is 9.16. The van der Waals surface area contributed by atoms with Crippen molar-refractivity contribution in [1.29, 1.82) is 0 Å². The maximum Gasteiger partial charge on any atom is 0.248 e. The molecule has 0 spiro atoms. The summed E-state index contributed by atoms with van der Waals surface area (Å²) in [6.07, 6.45) is 6.52. The van der Waals surface area contributed by atoms with Gasteiger partial charge in [0.1, 0.15) is 5.82 Å². The molecule has 0 aliphatic heterocycles. The number of carbonyl (C=O) groups is 1. The Bertz CT molecular complexity index is 1100. The minimum Gasteiger partial charge on any atom is -0.342 e. The molecule has 3 aromatic rings. The molecule has 0 aromatic heterocycles. The van der Waals surface area contributed by atoms with Crippen molar-refractivity contribution in [2.75, 3.05) is 13.6 Å². The molecule has 0 saturated heterocycles. The average Bonchev–Trinajstić information content (AvgIpc) is 2.84. The van der Waals surface area contributed by atoms with Crippen LogP contribution >= 0.6 is 0 Å². The lowest BCUT2D eigenvalue weighted by atomic mass is 9.97. The molecular weight excluding hydrogens is 421 g/mol. The molecule has 0 heterocycles. The first-order valence-corrected chi connectivity index (χ1v) is 12.3. The van der Waals surface area contributed by atoms with Crippen LogP contribution in [0.4, 0.5) is 4.39 Å². The molecular formula is C31H36FNO. The van der Waals surface area contributed by atoms with Crippen LogP contribution in [-0.2, 0) is 17.6 Å². The van der Waals surface area contributed by atoms with Gasteiger partial charge in [-0.3, -0.25) is 4.79 Å². The molecule has 0 aliphatic carbocycles. The van der Waals surface area contributed by atoms with Crippen LogP contribution in [0.1, 0.15) is 50.7 Å². The van der Waals surface area contributed by atoms with Gasteiger partial charge in [-0.25, -0.2) is 4.39 Å². The summed E-state index contributed by atoms with van der Waals surface area (Å²) in [4.78, 5) is 13.6. The van der Waals surface area contributed by atoms with Crippen molar-refractivity contribution in [3.05, 3.63) is 95.8 Å². The Labute approximate surface area is 204 Å². The highest BCUT2D eigenvalue weighted by atomic mass is 19.1. The summed E-state index contributed by atoms with van der Waals surface area (Å²) >= 11 is 0. The Morgan fingerprint density at radius 2 is 1.38 bits per heavy atom. The highest BCUT2D eigenvalue weighted by molar-refractivity contribution is 5.91. The molecule has 3 rings (SSSR count). The van der Waals surface area contributed by atoms with E-state index in [0.717, 1.165) is 36.0 Å². The summed E-state index contributed by atoms with van der Waals surface area (Å²) < 4.78 is 15.0. The van der Waals surface area contributed by atoms with Crippen LogP contribution in [-0.4, -0.2) is 24.4 Å². The number of amides is 1. The number of hydrogen-bond donors (Lipinski definition) is 0. The number of hydrogen-bond acceptors (Lipinski definition) is 1. The molecule has 0 unspecified atom stereocenters. The first-order chi connectivity index (χ1) is 16.4. The van der Waals surface area contributed by atoms with E-state index in [2.05, 4.69) is 37.8 Å². The molecule has 0 fully saturated rings. The van der Waals surface area contributed by atoms with Crippen LogP contribution < -0.4 is 0 Å². The van der Waals surface area contributed by atoms with E-state index in [1.54, 1.807) is 24.9 Å². The Hall–Kier alpha value is -3.20. The summed E-state index contributed by atoms with van der Waals surface area (Å²) in [5.41, 5.74) is 6.48. The summed E-state index contributed by atoms with van der Waals surface area (Å²) in [5.74, 6) is -0.227. The lowest BCUT2D eigenvalue weighted by molar-refractivity contribution is -0.125. The minimum absolute atomic E-state index is 0.0165. The zero-order chi connectivity index (χ0) is 24.5. The van der Waals surface area contributed by atoms with Gasteiger partial charge in [0.05, 0.1) is 0 Å². The first-order valence-electron chi connectivity index (χ1n) is 12.3. The Morgan fingerprint density at radius 3 is 1.94 bits per heavy atom. The van der Waals surface area contributed by atoms with Crippen molar-refractivity contribution in [3.63, 3.8) is 0 Å². The molecule has 0 N–H and O–H groups in total. The summed E-state index contributed by atoms with van der Waals surface area (Å²) in [5, 5.41) is 0. The number of rotatable bonds is 11. The fourth-order valence-electron chi connectivity index (χ4n) is 4.17. The first kappa shape index (κ1) is 25.4. The quantitative estimate of drug-likeness (QED) is 0.212. The van der Waals surface area contributed by atoms with E-state index < -0.39 is 0 Å². The Kier molecular flexibility index (Phi) is 9.21. The number of benzene rings is 3. The fourth-order valence-corrected chi connectivity index (χ4v) is 4.17. The van der Waals surface area contributed by atoms with Gasteiger partial charge in [-0.1, -0.05) is 87.0 Å². The third kappa shape index (κ3) is 6.90. The molecule has 3 aromatic carbocycles. The molecule has 1 amide bonds. The highest BCUT2D eigenvalue weighted by Gasteiger charge is 2.10. The molecule has 0 aliphatic rings. The van der Waals surface area contributed by atoms with Crippen molar-refractivity contribution >= 4 is 5.91 Å². The SMILES string of the molecule is C=C(C)C(=O)N(C)CCCc1ccc(-c2ccc(-c3ccc(CCCCC)cc3)cc2F)cc1. The second kappa shape index (κ2) is 12.3. The lowest BCUT2D eigenvalue weighted by Crippen LogP contribution is -2.28. The fraction of sp³-hybridized carbons (Fsp3) is 0.323. The molecule has 34 heavy (non-hydrogen) atoms. The molecule has 0 radical (unpaired) electrons. The maximum absolute atomic E-state index is 15.0. The summed E-state index contributed by atoms with van der Waals surface area (Å²) in [6, 6.07) is 22.0. The van der Waals surface area contributed by atoms with Crippen molar-refractivity contribution in [2.24, 2.45) is 0 Å². The van der Waals surface area contributed by atoms with Crippen molar-refractivity contribution in [2.45, 2.75) is 52.4 Å². The molecule has 3 heteroatoms. The third-order valence-corrected chi connectivity index (χ3v) is 6.26. The van der Waals surface area contributed by atoms with Crippen LogP contribution in [0.3, 0.4) is 0 Å². The second-order valence-electron chi connectivity index (χ2n) is 9.16. The maximum atomic E-state index is 15.0. The van der Waals surface area contributed by atoms with Gasteiger partial charge in [0, 0.05) is 24.7 Å². The summed E-state index contributed by atoms with van der Waals surface area (Å²) in [6.45, 7) is 8.33. The van der Waals surface area contributed by atoms with E-state index in [0.29, 0.717) is 17.7 Å². The van der Waals surface area contributed by atoms with Gasteiger partial charge in [0.25, 0.3) is 0 Å². The number of unbranched alkanes of at least 4 members (excludes halogenated alkanes) is 2. The van der Waals surface area contributed by atoms with Gasteiger partial charge in [-0.05, 0) is 66.5 Å². The number of nitrogens with zero attached hydrogens (tertiary/aromatic N) is 1. The highest BCUT2D eigenvalue weighted by Crippen LogP contribution is 2.29. The van der Waals surface area contributed by atoms with Crippen LogP contribution in [0.25, 0.3) is 22.3 Å². The molecule has 0 saturated carbocycles. The van der Waals surface area contributed by atoms with E-state index in [4.69, 9.17) is 0 Å². The average molecular weight is 458 g/mol. The van der Waals surface area contributed by atoms with E-state index in [-0.39, 0.29) is 11.7 Å². The van der Waals surface area contributed by atoms with Crippen molar-refractivity contribution in [3.8, 4) is 22.3 Å². The van der Waals surface area contributed by atoms with E-state index in [9.17, 15) is 9.18 Å². The van der Waals surface area contributed by atoms with Gasteiger partial charge in [-0.2, -0.15) is 0 Å². The van der Waals surface area contributed by atoms with Gasteiger partial charge >= 0.3 is 0 Å². The third-order valence-electron chi connectivity index (χ3n) is 6.26. The number of aryl methyl sites for hydroxylation is 2. The van der Waals surface area contributed by atoms with Gasteiger partial charge < -0.3 is 4.90 Å². The molecule has 0 atom stereocenters. The van der Waals surface area contributed by atoms with Gasteiger partial charge in [-0.15, -0.1) is 0 Å².